The molecule has 0 atom stereocenters. The predicted octanol–water partition coefficient (Wildman–Crippen LogP) is 7.68. The number of hydrogen-bond donors (Lipinski definition) is 2. The Morgan fingerprint density at radius 3 is 2.79 bits per heavy atom. The molecule has 5 nitrogen and oxygen atoms in total. The summed E-state index contributed by atoms with van der Waals surface area (Å²) in [6.07, 6.45) is 5.95. The van der Waals surface area contributed by atoms with Crippen molar-refractivity contribution in [2.75, 3.05) is 4.93 Å². The summed E-state index contributed by atoms with van der Waals surface area (Å²) in [4.78, 5) is 2.24. The van der Waals surface area contributed by atoms with Crippen LogP contribution in [0.5, 0.6) is 5.88 Å². The summed E-state index contributed by atoms with van der Waals surface area (Å²) in [5.41, 5.74) is 3.95. The number of aromatic nitrogens is 1. The van der Waals surface area contributed by atoms with Crippen molar-refractivity contribution < 1.29 is 9.50 Å². The van der Waals surface area contributed by atoms with Crippen LogP contribution < -0.4 is 5.32 Å². The van der Waals surface area contributed by atoms with Crippen LogP contribution >= 0.6 is 32.0 Å². The molecular formula is C26H26FIN4OS. The van der Waals surface area contributed by atoms with E-state index in [0.29, 0.717) is 23.4 Å². The zero-order valence-electron chi connectivity index (χ0n) is 19.2. The van der Waals surface area contributed by atoms with Crippen molar-refractivity contribution in [2.45, 2.75) is 26.3 Å². The fourth-order valence-electron chi connectivity index (χ4n) is 3.81. The molecule has 0 unspecified atom stereocenters. The second kappa shape index (κ2) is 10.6. The third kappa shape index (κ3) is 5.44. The van der Waals surface area contributed by atoms with Gasteiger partial charge >= 0.3 is 162 Å². The Bertz CT molecular complexity index is 1360. The molecular weight excluding hydrogens is 562 g/mol. The standard InChI is InChI=1S/C26H26FIN4OS/c1-17(2)21-9-5-4-7-18(21)16-32-23-11-10-19(27)15-22(23)24(25(32)33)30-31-26(34)29-20-8-6-13-28(3)14-12-20/h4-15,17,33H,16H2,1-3H3,(H,29,34). The van der Waals surface area contributed by atoms with E-state index >= 15 is 0 Å². The number of nitrogens with zero attached hydrogens (tertiary/aromatic N) is 3. The monoisotopic (exact) mass is 588 g/mol. The molecule has 0 saturated carbocycles. The van der Waals surface area contributed by atoms with E-state index in [2.05, 4.69) is 48.6 Å². The van der Waals surface area contributed by atoms with E-state index in [0.717, 1.165) is 11.3 Å². The van der Waals surface area contributed by atoms with Crippen LogP contribution in [0.4, 0.5) is 10.1 Å². The van der Waals surface area contributed by atoms with Gasteiger partial charge in [0.2, 0.25) is 0 Å². The molecule has 0 amide bonds. The van der Waals surface area contributed by atoms with Crippen molar-refractivity contribution in [1.82, 2.24) is 9.88 Å². The summed E-state index contributed by atoms with van der Waals surface area (Å²) in [7, 11) is 0. The molecule has 1 aliphatic heterocycles. The first kappa shape index (κ1) is 24.3. The van der Waals surface area contributed by atoms with Gasteiger partial charge in [-0.15, -0.1) is 0 Å². The van der Waals surface area contributed by atoms with Crippen LogP contribution in [0.3, 0.4) is 0 Å². The van der Waals surface area contributed by atoms with Crippen LogP contribution in [0, 0.1) is 5.82 Å². The van der Waals surface area contributed by atoms with Crippen molar-refractivity contribution in [2.24, 2.45) is 10.2 Å². The fraction of sp³-hybridized carbons (Fsp3) is 0.192. The number of halogens is 2. The molecule has 1 aliphatic rings. The van der Waals surface area contributed by atoms with Gasteiger partial charge in [-0.2, -0.15) is 0 Å². The number of benzene rings is 2. The molecule has 0 aliphatic carbocycles. The van der Waals surface area contributed by atoms with E-state index in [-0.39, 0.29) is 16.7 Å². The number of aromatic hydroxyl groups is 1. The van der Waals surface area contributed by atoms with Gasteiger partial charge in [0.1, 0.15) is 0 Å². The first-order chi connectivity index (χ1) is 16.3. The number of allylic oxidation sites excluding steroid dienone is 3. The van der Waals surface area contributed by atoms with E-state index in [1.807, 2.05) is 36.4 Å². The van der Waals surface area contributed by atoms with E-state index < -0.39 is 25.6 Å². The summed E-state index contributed by atoms with van der Waals surface area (Å²) < 4.78 is 20.3. The molecule has 176 valence electrons. The minimum absolute atomic E-state index is 0.0807. The molecule has 2 aromatic carbocycles. The van der Waals surface area contributed by atoms with Gasteiger partial charge in [-0.05, 0) is 11.5 Å². The molecule has 3 aromatic rings. The summed E-state index contributed by atoms with van der Waals surface area (Å²) in [5.74, 6) is -0.167. The number of azo groups is 1. The summed E-state index contributed by atoms with van der Waals surface area (Å²) in [6.45, 7) is 4.69. The zero-order valence-corrected chi connectivity index (χ0v) is 22.1. The Balaban J connectivity index is 1.67. The molecule has 0 bridgehead atoms. The minimum atomic E-state index is -1.16. The Morgan fingerprint density at radius 2 is 2.00 bits per heavy atom. The molecule has 0 saturated heterocycles. The maximum atomic E-state index is 14.1. The number of thiocarbonyl (C=S) groups is 1. The van der Waals surface area contributed by atoms with Crippen molar-refractivity contribution in [3.05, 3.63) is 91.5 Å². The van der Waals surface area contributed by atoms with Gasteiger partial charge in [-0.1, -0.05) is 38.1 Å². The number of rotatable bonds is 5. The van der Waals surface area contributed by atoms with Crippen molar-refractivity contribution in [1.29, 1.82) is 0 Å². The first-order valence-electron chi connectivity index (χ1n) is 10.8. The quantitative estimate of drug-likeness (QED) is 0.139. The Hall–Kier alpha value is -2.85. The molecule has 4 rings (SSSR count). The molecule has 0 radical (unpaired) electrons. The summed E-state index contributed by atoms with van der Waals surface area (Å²) >= 11 is 4.18. The average molecular weight is 588 g/mol. The number of fused-ring (bicyclic) bond motifs is 1. The van der Waals surface area contributed by atoms with E-state index in [1.54, 1.807) is 10.6 Å². The van der Waals surface area contributed by atoms with Gasteiger partial charge in [0.25, 0.3) is 0 Å². The normalized spacial score (nSPS) is 14.7. The second-order valence-corrected chi connectivity index (χ2v) is 13.2. The van der Waals surface area contributed by atoms with E-state index in [1.165, 1.54) is 17.7 Å². The molecule has 0 fully saturated rings. The van der Waals surface area contributed by atoms with E-state index in [4.69, 9.17) is 12.2 Å². The number of hydrogen-bond acceptors (Lipinski definition) is 3. The third-order valence-corrected chi connectivity index (χ3v) is 8.69. The SMILES string of the molecule is CC(C)c1ccccc1Cn1c(O)c(N=NC(=S)NC2=CC=CI(C)C=C2)c2cc(F)ccc21. The van der Waals surface area contributed by atoms with E-state index in [9.17, 15) is 9.50 Å². The number of nitrogens with one attached hydrogen (secondary N) is 1. The Kier molecular flexibility index (Phi) is 7.57. The van der Waals surface area contributed by atoms with Crippen LogP contribution in [0.15, 0.2) is 84.8 Å². The van der Waals surface area contributed by atoms with Crippen molar-refractivity contribution in [3.8, 4) is 5.88 Å². The van der Waals surface area contributed by atoms with Crippen molar-refractivity contribution >= 4 is 53.7 Å². The molecule has 1 aromatic heterocycles. The second-order valence-electron chi connectivity index (χ2n) is 8.20. The first-order valence-corrected chi connectivity index (χ1v) is 15.8. The van der Waals surface area contributed by atoms with Crippen LogP contribution in [0.2, 0.25) is 0 Å². The topological polar surface area (TPSA) is 61.9 Å². The van der Waals surface area contributed by atoms with Crippen molar-refractivity contribution in [3.63, 3.8) is 0 Å². The van der Waals surface area contributed by atoms with Gasteiger partial charge in [0, 0.05) is 0 Å². The summed E-state index contributed by atoms with van der Waals surface area (Å²) in [6, 6.07) is 12.5. The van der Waals surface area contributed by atoms with Gasteiger partial charge < -0.3 is 0 Å². The Labute approximate surface area is 211 Å². The number of alkyl halides is 1. The predicted molar refractivity (Wildman–Crippen MR) is 150 cm³/mol. The maximum absolute atomic E-state index is 14.1. The Morgan fingerprint density at radius 1 is 1.21 bits per heavy atom. The molecule has 8 heteroatoms. The van der Waals surface area contributed by atoms with Crippen LogP contribution in [0.25, 0.3) is 10.9 Å². The summed E-state index contributed by atoms with van der Waals surface area (Å²) in [5, 5.41) is 23.1. The molecule has 2 heterocycles. The van der Waals surface area contributed by atoms with Crippen LogP contribution in [-0.2, 0) is 6.54 Å². The molecule has 2 N–H and O–H groups in total. The fourth-order valence-corrected chi connectivity index (χ4v) is 6.03. The van der Waals surface area contributed by atoms with Gasteiger partial charge in [-0.3, -0.25) is 0 Å². The molecule has 34 heavy (non-hydrogen) atoms. The van der Waals surface area contributed by atoms with Crippen LogP contribution in [-0.4, -0.2) is 19.7 Å². The van der Waals surface area contributed by atoms with Crippen LogP contribution in [0.1, 0.15) is 30.9 Å². The van der Waals surface area contributed by atoms with Gasteiger partial charge in [-0.25, -0.2) is 0 Å². The molecule has 0 spiro atoms. The van der Waals surface area contributed by atoms with Gasteiger partial charge in [0.05, 0.1) is 0 Å². The third-order valence-electron chi connectivity index (χ3n) is 5.46. The average Bonchev–Trinajstić information content (AvgIpc) is 2.92. The zero-order chi connectivity index (χ0) is 24.2. The van der Waals surface area contributed by atoms with Gasteiger partial charge in [0.15, 0.2) is 0 Å².